The van der Waals surface area contributed by atoms with Gasteiger partial charge in [0.05, 0.1) is 10.6 Å². The third-order valence-electron chi connectivity index (χ3n) is 2.46. The molecule has 18 heavy (non-hydrogen) atoms. The highest BCUT2D eigenvalue weighted by Crippen LogP contribution is 2.32. The molecule has 0 amide bonds. The second-order valence-corrected chi connectivity index (χ2v) is 5.29. The van der Waals surface area contributed by atoms with Crippen LogP contribution in [0, 0.1) is 17.0 Å². The lowest BCUT2D eigenvalue weighted by Crippen LogP contribution is -2.40. The van der Waals surface area contributed by atoms with E-state index in [-0.39, 0.29) is 5.69 Å². The van der Waals surface area contributed by atoms with Gasteiger partial charge in [0.1, 0.15) is 5.54 Å². The highest BCUT2D eigenvalue weighted by molar-refractivity contribution is 9.10. The summed E-state index contributed by atoms with van der Waals surface area (Å²) in [4.78, 5) is 21.3. The topological polar surface area (TPSA) is 92.5 Å². The Morgan fingerprint density at radius 3 is 2.50 bits per heavy atom. The number of nitrogens with zero attached hydrogens (tertiary/aromatic N) is 1. The Morgan fingerprint density at radius 2 is 2.06 bits per heavy atom. The highest BCUT2D eigenvalue weighted by atomic mass is 79.9. The minimum atomic E-state index is -1.16. The van der Waals surface area contributed by atoms with Crippen molar-refractivity contribution in [3.63, 3.8) is 0 Å². The van der Waals surface area contributed by atoms with Crippen molar-refractivity contribution in [1.29, 1.82) is 0 Å². The molecular formula is C11H13BrN2O4. The van der Waals surface area contributed by atoms with E-state index in [2.05, 4.69) is 21.2 Å². The van der Waals surface area contributed by atoms with Crippen molar-refractivity contribution in [3.8, 4) is 0 Å². The van der Waals surface area contributed by atoms with Crippen LogP contribution in [-0.2, 0) is 4.79 Å². The normalized spacial score (nSPS) is 11.1. The minimum absolute atomic E-state index is 0.0134. The van der Waals surface area contributed by atoms with E-state index in [1.54, 1.807) is 13.0 Å². The van der Waals surface area contributed by atoms with Gasteiger partial charge in [-0.2, -0.15) is 0 Å². The van der Waals surface area contributed by atoms with Crippen LogP contribution < -0.4 is 5.32 Å². The van der Waals surface area contributed by atoms with Crippen molar-refractivity contribution in [3.05, 3.63) is 32.3 Å². The number of carbonyl (C=O) groups is 1. The van der Waals surface area contributed by atoms with E-state index in [0.717, 1.165) is 0 Å². The monoisotopic (exact) mass is 316 g/mol. The lowest BCUT2D eigenvalue weighted by molar-refractivity contribution is -0.385. The van der Waals surface area contributed by atoms with Crippen molar-refractivity contribution in [2.45, 2.75) is 26.3 Å². The number of rotatable bonds is 4. The summed E-state index contributed by atoms with van der Waals surface area (Å²) in [6.07, 6.45) is 0. The summed E-state index contributed by atoms with van der Waals surface area (Å²) in [5.41, 5.74) is -0.205. The molecule has 0 spiro atoms. The summed E-state index contributed by atoms with van der Waals surface area (Å²) in [6, 6.07) is 2.91. The number of aryl methyl sites for hydroxylation is 1. The molecule has 1 aromatic rings. The summed E-state index contributed by atoms with van der Waals surface area (Å²) >= 11 is 3.19. The van der Waals surface area contributed by atoms with Crippen molar-refractivity contribution < 1.29 is 14.8 Å². The summed E-state index contributed by atoms with van der Waals surface area (Å²) in [7, 11) is 0. The van der Waals surface area contributed by atoms with Crippen LogP contribution in [0.2, 0.25) is 0 Å². The Labute approximate surface area is 112 Å². The van der Waals surface area contributed by atoms with Crippen LogP contribution in [0.1, 0.15) is 19.4 Å². The van der Waals surface area contributed by atoms with Gasteiger partial charge in [0.25, 0.3) is 5.69 Å². The molecule has 0 unspecified atom stereocenters. The predicted molar refractivity (Wildman–Crippen MR) is 70.9 cm³/mol. The Morgan fingerprint density at radius 1 is 1.50 bits per heavy atom. The Balaban J connectivity index is 3.17. The molecule has 98 valence electrons. The lowest BCUT2D eigenvalue weighted by atomic mass is 10.0. The molecule has 0 aliphatic heterocycles. The van der Waals surface area contributed by atoms with Crippen molar-refractivity contribution in [2.24, 2.45) is 0 Å². The van der Waals surface area contributed by atoms with E-state index < -0.39 is 16.4 Å². The minimum Gasteiger partial charge on any atom is -0.480 e. The van der Waals surface area contributed by atoms with Gasteiger partial charge in [-0.25, -0.2) is 4.79 Å². The number of hydrogen-bond donors (Lipinski definition) is 2. The van der Waals surface area contributed by atoms with Gasteiger partial charge in [0.15, 0.2) is 0 Å². The number of benzene rings is 1. The molecule has 0 heterocycles. The molecule has 0 saturated heterocycles. The molecule has 0 aliphatic rings. The van der Waals surface area contributed by atoms with Gasteiger partial charge < -0.3 is 10.4 Å². The lowest BCUT2D eigenvalue weighted by Gasteiger charge is -2.23. The van der Waals surface area contributed by atoms with Gasteiger partial charge in [-0.05, 0) is 42.8 Å². The first-order valence-corrected chi connectivity index (χ1v) is 5.90. The second-order valence-electron chi connectivity index (χ2n) is 4.43. The number of nitrogens with one attached hydrogen (secondary N) is 1. The number of carboxylic acid groups (broad SMARTS) is 1. The molecule has 1 aromatic carbocycles. The molecule has 0 aliphatic carbocycles. The first-order chi connectivity index (χ1) is 8.15. The second kappa shape index (κ2) is 4.93. The summed E-state index contributed by atoms with van der Waals surface area (Å²) in [6.45, 7) is 4.63. The summed E-state index contributed by atoms with van der Waals surface area (Å²) in [5, 5.41) is 22.6. The molecule has 0 atom stereocenters. The predicted octanol–water partition coefficient (Wildman–Crippen LogP) is 2.94. The van der Waals surface area contributed by atoms with E-state index in [9.17, 15) is 14.9 Å². The molecule has 0 aromatic heterocycles. The number of hydrogen-bond acceptors (Lipinski definition) is 4. The standard InChI is InChI=1S/C11H13BrN2O4/c1-6-4-8(13-11(2,3)10(15)16)7(12)5-9(6)14(17)18/h4-5,13H,1-3H3,(H,15,16). The highest BCUT2D eigenvalue weighted by Gasteiger charge is 2.28. The average molecular weight is 317 g/mol. The molecule has 1 rings (SSSR count). The number of anilines is 1. The molecule has 0 bridgehead atoms. The van der Waals surface area contributed by atoms with Gasteiger partial charge in [-0.15, -0.1) is 0 Å². The largest absolute Gasteiger partial charge is 0.480 e. The van der Waals surface area contributed by atoms with Gasteiger partial charge in [-0.3, -0.25) is 10.1 Å². The third kappa shape index (κ3) is 2.98. The number of carboxylic acids is 1. The van der Waals surface area contributed by atoms with Crippen LogP contribution >= 0.6 is 15.9 Å². The van der Waals surface area contributed by atoms with E-state index in [0.29, 0.717) is 15.7 Å². The van der Waals surface area contributed by atoms with Gasteiger partial charge in [-0.1, -0.05) is 0 Å². The first kappa shape index (κ1) is 14.4. The van der Waals surface area contributed by atoms with Crippen LogP contribution in [-0.4, -0.2) is 21.5 Å². The van der Waals surface area contributed by atoms with Crippen molar-refractivity contribution >= 4 is 33.3 Å². The van der Waals surface area contributed by atoms with Crippen LogP contribution in [0.4, 0.5) is 11.4 Å². The third-order valence-corrected chi connectivity index (χ3v) is 3.12. The maximum atomic E-state index is 11.0. The van der Waals surface area contributed by atoms with Crippen LogP contribution in [0.5, 0.6) is 0 Å². The zero-order valence-corrected chi connectivity index (χ0v) is 11.7. The number of halogens is 1. The SMILES string of the molecule is Cc1cc(NC(C)(C)C(=O)O)c(Br)cc1[N+](=O)[O-]. The zero-order valence-electron chi connectivity index (χ0n) is 10.2. The fraction of sp³-hybridized carbons (Fsp3) is 0.364. The van der Waals surface area contributed by atoms with E-state index >= 15 is 0 Å². The Bertz CT molecular complexity index is 514. The summed E-state index contributed by atoms with van der Waals surface area (Å²) < 4.78 is 0.453. The summed E-state index contributed by atoms with van der Waals surface area (Å²) in [5.74, 6) is -1.01. The molecular weight excluding hydrogens is 304 g/mol. The molecule has 6 nitrogen and oxygen atoms in total. The molecule has 0 radical (unpaired) electrons. The van der Waals surface area contributed by atoms with Gasteiger partial charge in [0.2, 0.25) is 0 Å². The number of nitro benzene ring substituents is 1. The van der Waals surface area contributed by atoms with E-state index in [1.807, 2.05) is 0 Å². The van der Waals surface area contributed by atoms with E-state index in [1.165, 1.54) is 19.9 Å². The molecule has 7 heteroatoms. The average Bonchev–Trinajstić information content (AvgIpc) is 2.21. The first-order valence-electron chi connectivity index (χ1n) is 5.11. The van der Waals surface area contributed by atoms with Crippen molar-refractivity contribution in [2.75, 3.05) is 5.32 Å². The fourth-order valence-corrected chi connectivity index (χ4v) is 1.78. The Hall–Kier alpha value is -1.63. The molecule has 2 N–H and O–H groups in total. The fourth-order valence-electron chi connectivity index (χ4n) is 1.35. The maximum Gasteiger partial charge on any atom is 0.328 e. The van der Waals surface area contributed by atoms with Crippen LogP contribution in [0.3, 0.4) is 0 Å². The van der Waals surface area contributed by atoms with Gasteiger partial charge >= 0.3 is 5.97 Å². The quantitative estimate of drug-likeness (QED) is 0.658. The van der Waals surface area contributed by atoms with Crippen LogP contribution in [0.15, 0.2) is 16.6 Å². The number of aliphatic carboxylic acids is 1. The van der Waals surface area contributed by atoms with Crippen LogP contribution in [0.25, 0.3) is 0 Å². The van der Waals surface area contributed by atoms with E-state index in [4.69, 9.17) is 5.11 Å². The van der Waals surface area contributed by atoms with Crippen molar-refractivity contribution in [1.82, 2.24) is 0 Å². The van der Waals surface area contributed by atoms with Gasteiger partial charge in [0, 0.05) is 16.1 Å². The maximum absolute atomic E-state index is 11.0. The number of nitro groups is 1. The zero-order chi connectivity index (χ0) is 14.1. The smallest absolute Gasteiger partial charge is 0.328 e. The molecule has 0 fully saturated rings. The molecule has 0 saturated carbocycles. The Kier molecular flexibility index (Phi) is 3.95.